The molecule has 0 aliphatic heterocycles. The van der Waals surface area contributed by atoms with E-state index in [1.807, 2.05) is 6.92 Å². The van der Waals surface area contributed by atoms with Crippen molar-refractivity contribution in [3.8, 4) is 0 Å². The van der Waals surface area contributed by atoms with Crippen LogP contribution < -0.4 is 10.6 Å². The standard InChI is InChI=1S/C11H22N2O2/c1-8(11(2,3)15)12-6-7-13-10(14)9-4-5-9/h8-9,12,15H,4-7H2,1-3H3,(H,13,14). The van der Waals surface area contributed by atoms with Crippen LogP contribution in [0.15, 0.2) is 0 Å². The van der Waals surface area contributed by atoms with Crippen molar-refractivity contribution in [2.24, 2.45) is 5.92 Å². The molecule has 1 saturated carbocycles. The average molecular weight is 214 g/mol. The first-order valence-electron chi connectivity index (χ1n) is 5.64. The van der Waals surface area contributed by atoms with Gasteiger partial charge >= 0.3 is 0 Å². The van der Waals surface area contributed by atoms with E-state index in [-0.39, 0.29) is 17.9 Å². The van der Waals surface area contributed by atoms with E-state index in [1.54, 1.807) is 13.8 Å². The average Bonchev–Trinajstić information content (AvgIpc) is 2.92. The van der Waals surface area contributed by atoms with Crippen molar-refractivity contribution in [2.45, 2.75) is 45.3 Å². The van der Waals surface area contributed by atoms with Gasteiger partial charge in [0.25, 0.3) is 0 Å². The van der Waals surface area contributed by atoms with E-state index < -0.39 is 5.60 Å². The first-order chi connectivity index (χ1) is 6.91. The first-order valence-corrected chi connectivity index (χ1v) is 5.64. The van der Waals surface area contributed by atoms with Crippen LogP contribution in [0.5, 0.6) is 0 Å². The van der Waals surface area contributed by atoms with Crippen molar-refractivity contribution < 1.29 is 9.90 Å². The molecule has 1 unspecified atom stereocenters. The molecule has 3 N–H and O–H groups in total. The lowest BCUT2D eigenvalue weighted by molar-refractivity contribution is -0.122. The van der Waals surface area contributed by atoms with Crippen LogP contribution in [0.4, 0.5) is 0 Å². The molecule has 0 spiro atoms. The summed E-state index contributed by atoms with van der Waals surface area (Å²) in [7, 11) is 0. The lowest BCUT2D eigenvalue weighted by Gasteiger charge is -2.26. The monoisotopic (exact) mass is 214 g/mol. The van der Waals surface area contributed by atoms with E-state index >= 15 is 0 Å². The van der Waals surface area contributed by atoms with Gasteiger partial charge in [-0.15, -0.1) is 0 Å². The van der Waals surface area contributed by atoms with Crippen LogP contribution in [0.1, 0.15) is 33.6 Å². The summed E-state index contributed by atoms with van der Waals surface area (Å²) in [4.78, 5) is 11.3. The van der Waals surface area contributed by atoms with E-state index in [9.17, 15) is 9.90 Å². The molecule has 1 aliphatic rings. The van der Waals surface area contributed by atoms with Crippen LogP contribution in [-0.2, 0) is 4.79 Å². The van der Waals surface area contributed by atoms with Gasteiger partial charge in [0.05, 0.1) is 5.60 Å². The normalized spacial score (nSPS) is 18.7. The largest absolute Gasteiger partial charge is 0.389 e. The Hall–Kier alpha value is -0.610. The Morgan fingerprint density at radius 3 is 2.53 bits per heavy atom. The van der Waals surface area contributed by atoms with Gasteiger partial charge in [0.15, 0.2) is 0 Å². The molecule has 0 saturated heterocycles. The number of carbonyl (C=O) groups is 1. The minimum atomic E-state index is -0.722. The molecule has 0 radical (unpaired) electrons. The highest BCUT2D eigenvalue weighted by Gasteiger charge is 2.29. The zero-order chi connectivity index (χ0) is 11.5. The number of hydrogen-bond acceptors (Lipinski definition) is 3. The quantitative estimate of drug-likeness (QED) is 0.556. The number of rotatable bonds is 6. The van der Waals surface area contributed by atoms with E-state index in [2.05, 4.69) is 10.6 Å². The molecular formula is C11H22N2O2. The Labute approximate surface area is 91.4 Å². The summed E-state index contributed by atoms with van der Waals surface area (Å²) in [6.45, 7) is 6.81. The Balaban J connectivity index is 2.03. The molecule has 1 aliphatic carbocycles. The predicted molar refractivity (Wildman–Crippen MR) is 59.5 cm³/mol. The fourth-order valence-corrected chi connectivity index (χ4v) is 1.21. The summed E-state index contributed by atoms with van der Waals surface area (Å²) >= 11 is 0. The topological polar surface area (TPSA) is 61.4 Å². The summed E-state index contributed by atoms with van der Waals surface area (Å²) in [6.07, 6.45) is 2.08. The fourth-order valence-electron chi connectivity index (χ4n) is 1.21. The molecule has 1 rings (SSSR count). The number of aliphatic hydroxyl groups is 1. The van der Waals surface area contributed by atoms with E-state index in [0.29, 0.717) is 13.1 Å². The van der Waals surface area contributed by atoms with Crippen LogP contribution in [0.25, 0.3) is 0 Å². The third-order valence-electron chi connectivity index (χ3n) is 2.88. The molecule has 1 atom stereocenters. The predicted octanol–water partition coefficient (Wildman–Crippen LogP) is 0.262. The third kappa shape index (κ3) is 4.62. The minimum Gasteiger partial charge on any atom is -0.389 e. The Morgan fingerprint density at radius 2 is 2.07 bits per heavy atom. The highest BCUT2D eigenvalue weighted by atomic mass is 16.3. The third-order valence-corrected chi connectivity index (χ3v) is 2.88. The molecule has 0 aromatic rings. The van der Waals surface area contributed by atoms with Crippen molar-refractivity contribution in [1.82, 2.24) is 10.6 Å². The molecule has 0 aromatic carbocycles. The van der Waals surface area contributed by atoms with Crippen LogP contribution >= 0.6 is 0 Å². The van der Waals surface area contributed by atoms with Crippen LogP contribution in [0.3, 0.4) is 0 Å². The molecule has 15 heavy (non-hydrogen) atoms. The Morgan fingerprint density at radius 1 is 1.47 bits per heavy atom. The van der Waals surface area contributed by atoms with Gasteiger partial charge in [-0.2, -0.15) is 0 Å². The smallest absolute Gasteiger partial charge is 0.223 e. The van der Waals surface area contributed by atoms with Gasteiger partial charge in [-0.1, -0.05) is 0 Å². The molecule has 4 nitrogen and oxygen atoms in total. The SMILES string of the molecule is CC(NCCNC(=O)C1CC1)C(C)(C)O. The number of carbonyl (C=O) groups excluding carboxylic acids is 1. The van der Waals surface area contributed by atoms with Crippen molar-refractivity contribution >= 4 is 5.91 Å². The molecule has 0 bridgehead atoms. The van der Waals surface area contributed by atoms with Gasteiger partial charge in [0.1, 0.15) is 0 Å². The van der Waals surface area contributed by atoms with Gasteiger partial charge < -0.3 is 15.7 Å². The number of hydrogen-bond donors (Lipinski definition) is 3. The molecule has 88 valence electrons. The second kappa shape index (κ2) is 4.94. The van der Waals surface area contributed by atoms with Crippen LogP contribution in [0, 0.1) is 5.92 Å². The maximum absolute atomic E-state index is 11.3. The second-order valence-electron chi connectivity index (χ2n) is 4.89. The summed E-state index contributed by atoms with van der Waals surface area (Å²) in [5.41, 5.74) is -0.722. The van der Waals surface area contributed by atoms with Crippen molar-refractivity contribution in [1.29, 1.82) is 0 Å². The van der Waals surface area contributed by atoms with Crippen LogP contribution in [0.2, 0.25) is 0 Å². The Kier molecular flexibility index (Phi) is 4.11. The first kappa shape index (κ1) is 12.5. The van der Waals surface area contributed by atoms with Gasteiger partial charge in [0, 0.05) is 25.0 Å². The highest BCUT2D eigenvalue weighted by molar-refractivity contribution is 5.80. The van der Waals surface area contributed by atoms with Gasteiger partial charge in [-0.05, 0) is 33.6 Å². The number of nitrogens with one attached hydrogen (secondary N) is 2. The fraction of sp³-hybridized carbons (Fsp3) is 0.909. The maximum Gasteiger partial charge on any atom is 0.223 e. The zero-order valence-corrected chi connectivity index (χ0v) is 9.84. The molecule has 1 amide bonds. The second-order valence-corrected chi connectivity index (χ2v) is 4.89. The van der Waals surface area contributed by atoms with Gasteiger partial charge in [-0.25, -0.2) is 0 Å². The van der Waals surface area contributed by atoms with Gasteiger partial charge in [0.2, 0.25) is 5.91 Å². The van der Waals surface area contributed by atoms with Gasteiger partial charge in [-0.3, -0.25) is 4.79 Å². The Bertz CT molecular complexity index is 219. The maximum atomic E-state index is 11.3. The highest BCUT2D eigenvalue weighted by Crippen LogP contribution is 2.28. The molecule has 1 fully saturated rings. The van der Waals surface area contributed by atoms with E-state index in [0.717, 1.165) is 12.8 Å². The summed E-state index contributed by atoms with van der Waals surface area (Å²) < 4.78 is 0. The van der Waals surface area contributed by atoms with Crippen molar-refractivity contribution in [3.63, 3.8) is 0 Å². The molecule has 0 aromatic heterocycles. The molecular weight excluding hydrogens is 192 g/mol. The summed E-state index contributed by atoms with van der Waals surface area (Å²) in [5, 5.41) is 15.7. The lowest BCUT2D eigenvalue weighted by Crippen LogP contribution is -2.47. The van der Waals surface area contributed by atoms with Crippen molar-refractivity contribution in [2.75, 3.05) is 13.1 Å². The molecule has 4 heteroatoms. The van der Waals surface area contributed by atoms with Crippen molar-refractivity contribution in [3.05, 3.63) is 0 Å². The molecule has 0 heterocycles. The lowest BCUT2D eigenvalue weighted by atomic mass is 10.0. The van der Waals surface area contributed by atoms with E-state index in [1.165, 1.54) is 0 Å². The van der Waals surface area contributed by atoms with E-state index in [4.69, 9.17) is 0 Å². The minimum absolute atomic E-state index is 0.0235. The zero-order valence-electron chi connectivity index (χ0n) is 9.84. The van der Waals surface area contributed by atoms with Crippen LogP contribution in [-0.4, -0.2) is 35.7 Å². The summed E-state index contributed by atoms with van der Waals surface area (Å²) in [5.74, 6) is 0.449. The number of amides is 1. The summed E-state index contributed by atoms with van der Waals surface area (Å²) in [6, 6.07) is 0.0235.